The van der Waals surface area contributed by atoms with Crippen LogP contribution in [-0.2, 0) is 4.79 Å². The molecule has 4 nitrogen and oxygen atoms in total. The van der Waals surface area contributed by atoms with Crippen LogP contribution in [0, 0.1) is 6.92 Å². The summed E-state index contributed by atoms with van der Waals surface area (Å²) in [5.74, 6) is 0.783. The highest BCUT2D eigenvalue weighted by atomic mass is 16.5. The summed E-state index contributed by atoms with van der Waals surface area (Å²) in [7, 11) is 1.80. The van der Waals surface area contributed by atoms with E-state index in [2.05, 4.69) is 0 Å². The Kier molecular flexibility index (Phi) is 3.57. The van der Waals surface area contributed by atoms with Gasteiger partial charge in [-0.15, -0.1) is 0 Å². The van der Waals surface area contributed by atoms with Crippen LogP contribution in [-0.4, -0.2) is 30.5 Å². The monoisotopic (exact) mass is 248 g/mol. The zero-order valence-electron chi connectivity index (χ0n) is 11.1. The van der Waals surface area contributed by atoms with Crippen molar-refractivity contribution in [3.63, 3.8) is 0 Å². The second-order valence-corrected chi connectivity index (χ2v) is 4.98. The van der Waals surface area contributed by atoms with E-state index in [0.717, 1.165) is 29.8 Å². The van der Waals surface area contributed by atoms with E-state index in [4.69, 9.17) is 10.5 Å². The second kappa shape index (κ2) is 4.98. The maximum absolute atomic E-state index is 11.8. The van der Waals surface area contributed by atoms with Crippen LogP contribution >= 0.6 is 0 Å². The van der Waals surface area contributed by atoms with Gasteiger partial charge in [-0.2, -0.15) is 0 Å². The average Bonchev–Trinajstić information content (AvgIpc) is 2.61. The molecule has 0 radical (unpaired) electrons. The Bertz CT molecular complexity index is 457. The van der Waals surface area contributed by atoms with Crippen LogP contribution in [0.2, 0.25) is 0 Å². The van der Waals surface area contributed by atoms with Gasteiger partial charge in [0.15, 0.2) is 6.10 Å². The fourth-order valence-electron chi connectivity index (χ4n) is 2.17. The molecule has 0 spiro atoms. The van der Waals surface area contributed by atoms with Gasteiger partial charge in [-0.1, -0.05) is 12.1 Å². The van der Waals surface area contributed by atoms with Gasteiger partial charge in [0.2, 0.25) is 0 Å². The van der Waals surface area contributed by atoms with E-state index in [1.165, 1.54) is 0 Å². The summed E-state index contributed by atoms with van der Waals surface area (Å²) in [4.78, 5) is 13.5. The van der Waals surface area contributed by atoms with E-state index < -0.39 is 0 Å². The lowest BCUT2D eigenvalue weighted by Gasteiger charge is -2.18. The number of hydrogen-bond acceptors (Lipinski definition) is 3. The number of ether oxygens (including phenoxy) is 1. The van der Waals surface area contributed by atoms with Crippen molar-refractivity contribution in [1.82, 2.24) is 4.90 Å². The molecule has 1 aromatic rings. The molecule has 0 saturated carbocycles. The van der Waals surface area contributed by atoms with Gasteiger partial charge in [0.05, 0.1) is 0 Å². The van der Waals surface area contributed by atoms with Gasteiger partial charge < -0.3 is 15.4 Å². The molecule has 1 aliphatic rings. The predicted molar refractivity (Wildman–Crippen MR) is 70.5 cm³/mol. The summed E-state index contributed by atoms with van der Waals surface area (Å²) in [5.41, 5.74) is 7.98. The number of hydrogen-bond donors (Lipinski definition) is 1. The first-order valence-electron chi connectivity index (χ1n) is 6.27. The Labute approximate surface area is 108 Å². The molecular weight excluding hydrogens is 228 g/mol. The van der Waals surface area contributed by atoms with E-state index >= 15 is 0 Å². The number of rotatable bonds is 3. The zero-order valence-corrected chi connectivity index (χ0v) is 11.1. The molecule has 1 saturated heterocycles. The van der Waals surface area contributed by atoms with Crippen molar-refractivity contribution in [2.24, 2.45) is 5.73 Å². The third-order valence-corrected chi connectivity index (χ3v) is 3.31. The van der Waals surface area contributed by atoms with Crippen LogP contribution in [0.1, 0.15) is 30.5 Å². The van der Waals surface area contributed by atoms with Crippen molar-refractivity contribution >= 4 is 5.91 Å². The number of amides is 1. The maximum atomic E-state index is 11.8. The van der Waals surface area contributed by atoms with Crippen LogP contribution in [0.5, 0.6) is 5.75 Å². The SMILES string of the molecule is Cc1ccc([C@H](C)N)c(OC2CCN(C)C2=O)c1. The minimum atomic E-state index is -0.366. The van der Waals surface area contributed by atoms with Gasteiger partial charge in [-0.25, -0.2) is 0 Å². The quantitative estimate of drug-likeness (QED) is 0.884. The first-order chi connectivity index (χ1) is 8.49. The molecule has 1 heterocycles. The molecule has 1 unspecified atom stereocenters. The topological polar surface area (TPSA) is 55.6 Å². The average molecular weight is 248 g/mol. The maximum Gasteiger partial charge on any atom is 0.263 e. The second-order valence-electron chi connectivity index (χ2n) is 4.98. The van der Waals surface area contributed by atoms with Gasteiger partial charge >= 0.3 is 0 Å². The predicted octanol–water partition coefficient (Wildman–Crippen LogP) is 1.62. The third-order valence-electron chi connectivity index (χ3n) is 3.31. The summed E-state index contributed by atoms with van der Waals surface area (Å²) in [6.45, 7) is 4.67. The number of benzene rings is 1. The fraction of sp³-hybridized carbons (Fsp3) is 0.500. The molecule has 18 heavy (non-hydrogen) atoms. The fourth-order valence-corrected chi connectivity index (χ4v) is 2.17. The van der Waals surface area contributed by atoms with Gasteiger partial charge in [0.1, 0.15) is 5.75 Å². The summed E-state index contributed by atoms with van der Waals surface area (Å²) < 4.78 is 5.86. The summed E-state index contributed by atoms with van der Waals surface area (Å²) in [6.07, 6.45) is 0.371. The first kappa shape index (κ1) is 12.9. The highest BCUT2D eigenvalue weighted by Crippen LogP contribution is 2.28. The van der Waals surface area contributed by atoms with E-state index in [1.807, 2.05) is 32.0 Å². The number of carbonyl (C=O) groups is 1. The largest absolute Gasteiger partial charge is 0.480 e. The molecule has 1 aromatic carbocycles. The Hall–Kier alpha value is -1.55. The van der Waals surface area contributed by atoms with E-state index in [1.54, 1.807) is 11.9 Å². The smallest absolute Gasteiger partial charge is 0.263 e. The van der Waals surface area contributed by atoms with E-state index in [0.29, 0.717) is 0 Å². The van der Waals surface area contributed by atoms with Crippen LogP contribution in [0.15, 0.2) is 18.2 Å². The lowest BCUT2D eigenvalue weighted by Crippen LogP contribution is -2.29. The number of likely N-dealkylation sites (tertiary alicyclic amines) is 1. The minimum Gasteiger partial charge on any atom is -0.480 e. The van der Waals surface area contributed by atoms with Crippen LogP contribution in [0.3, 0.4) is 0 Å². The van der Waals surface area contributed by atoms with Crippen molar-refractivity contribution in [2.75, 3.05) is 13.6 Å². The van der Waals surface area contributed by atoms with Crippen molar-refractivity contribution < 1.29 is 9.53 Å². The zero-order chi connectivity index (χ0) is 13.3. The number of nitrogens with zero attached hydrogens (tertiary/aromatic N) is 1. The first-order valence-corrected chi connectivity index (χ1v) is 6.27. The van der Waals surface area contributed by atoms with Crippen molar-refractivity contribution in [3.05, 3.63) is 29.3 Å². The molecule has 2 rings (SSSR count). The molecule has 98 valence electrons. The Morgan fingerprint density at radius 2 is 2.22 bits per heavy atom. The van der Waals surface area contributed by atoms with E-state index in [-0.39, 0.29) is 18.1 Å². The Morgan fingerprint density at radius 1 is 1.50 bits per heavy atom. The molecule has 0 aliphatic carbocycles. The van der Waals surface area contributed by atoms with Gasteiger partial charge in [0.25, 0.3) is 5.91 Å². The van der Waals surface area contributed by atoms with Crippen LogP contribution in [0.4, 0.5) is 0 Å². The van der Waals surface area contributed by atoms with Gasteiger partial charge in [-0.05, 0) is 25.5 Å². The molecule has 4 heteroatoms. The highest BCUT2D eigenvalue weighted by molar-refractivity contribution is 5.83. The van der Waals surface area contributed by atoms with Gasteiger partial charge in [0, 0.05) is 31.6 Å². The lowest BCUT2D eigenvalue weighted by atomic mass is 10.1. The van der Waals surface area contributed by atoms with Crippen LogP contribution < -0.4 is 10.5 Å². The number of nitrogens with two attached hydrogens (primary N) is 1. The van der Waals surface area contributed by atoms with Crippen molar-refractivity contribution in [1.29, 1.82) is 0 Å². The summed E-state index contributed by atoms with van der Waals surface area (Å²) >= 11 is 0. The number of likely N-dealkylation sites (N-methyl/N-ethyl adjacent to an activating group) is 1. The molecule has 0 aromatic heterocycles. The van der Waals surface area contributed by atoms with E-state index in [9.17, 15) is 4.79 Å². The molecule has 2 N–H and O–H groups in total. The summed E-state index contributed by atoms with van der Waals surface area (Å²) in [5, 5.41) is 0. The molecule has 1 amide bonds. The standard InChI is InChI=1S/C14H20N2O2/c1-9-4-5-11(10(2)15)13(8-9)18-12-6-7-16(3)14(12)17/h4-5,8,10,12H,6-7,15H2,1-3H3/t10-,12?/m0/s1. The van der Waals surface area contributed by atoms with Gasteiger partial charge in [-0.3, -0.25) is 4.79 Å². The molecule has 1 fully saturated rings. The highest BCUT2D eigenvalue weighted by Gasteiger charge is 2.31. The lowest BCUT2D eigenvalue weighted by molar-refractivity contribution is -0.132. The van der Waals surface area contributed by atoms with Crippen LogP contribution in [0.25, 0.3) is 0 Å². The molecule has 2 atom stereocenters. The Balaban J connectivity index is 2.23. The molecule has 1 aliphatic heterocycles. The summed E-state index contributed by atoms with van der Waals surface area (Å²) in [6, 6.07) is 5.83. The van der Waals surface area contributed by atoms with Crippen molar-refractivity contribution in [2.45, 2.75) is 32.4 Å². The number of aryl methyl sites for hydroxylation is 1. The third kappa shape index (κ3) is 2.48. The normalized spacial score (nSPS) is 21.2. The minimum absolute atomic E-state index is 0.0483. The number of carbonyl (C=O) groups excluding carboxylic acids is 1. The van der Waals surface area contributed by atoms with Crippen molar-refractivity contribution in [3.8, 4) is 5.75 Å². The molecule has 0 bridgehead atoms. The molecular formula is C14H20N2O2. The Morgan fingerprint density at radius 3 is 2.78 bits per heavy atom.